The highest BCUT2D eigenvalue weighted by atomic mass is 16.5. The Hall–Kier alpha value is -1.49. The van der Waals surface area contributed by atoms with Crippen molar-refractivity contribution in [3.63, 3.8) is 0 Å². The lowest BCUT2D eigenvalue weighted by Crippen LogP contribution is -1.99. The van der Waals surface area contributed by atoms with Crippen LogP contribution in [-0.4, -0.2) is 7.11 Å². The van der Waals surface area contributed by atoms with Crippen LogP contribution >= 0.6 is 0 Å². The molecule has 0 aliphatic carbocycles. The fourth-order valence-electron chi connectivity index (χ4n) is 2.00. The molecule has 0 heterocycles. The molecule has 1 atom stereocenters. The van der Waals surface area contributed by atoms with E-state index in [1.807, 2.05) is 0 Å². The summed E-state index contributed by atoms with van der Waals surface area (Å²) in [5.74, 6) is 1.37. The first kappa shape index (κ1) is 12.6. The lowest BCUT2D eigenvalue weighted by molar-refractivity contribution is 0.411. The maximum atomic E-state index is 8.60. The minimum absolute atomic E-state index is 0.434. The van der Waals surface area contributed by atoms with Crippen LogP contribution in [0.5, 0.6) is 5.75 Å². The molecule has 0 saturated heterocycles. The Balaban J connectivity index is 2.97. The van der Waals surface area contributed by atoms with Crippen LogP contribution in [0.25, 0.3) is 0 Å². The van der Waals surface area contributed by atoms with Crippen molar-refractivity contribution in [3.8, 4) is 11.8 Å². The van der Waals surface area contributed by atoms with Crippen molar-refractivity contribution >= 4 is 0 Å². The second-order valence-corrected chi connectivity index (χ2v) is 4.28. The van der Waals surface area contributed by atoms with Crippen LogP contribution in [0, 0.1) is 25.2 Å². The zero-order valence-electron chi connectivity index (χ0n) is 10.5. The molecule has 0 N–H and O–H groups in total. The second kappa shape index (κ2) is 5.55. The third-order valence-corrected chi connectivity index (χ3v) is 3.00. The summed E-state index contributed by atoms with van der Waals surface area (Å²) in [7, 11) is 1.69. The summed E-state index contributed by atoms with van der Waals surface area (Å²) in [6.07, 6.45) is 1.54. The summed E-state index contributed by atoms with van der Waals surface area (Å²) < 4.78 is 5.29. The fourth-order valence-corrected chi connectivity index (χ4v) is 2.00. The van der Waals surface area contributed by atoms with Crippen LogP contribution in [0.2, 0.25) is 0 Å². The molecule has 2 heteroatoms. The van der Waals surface area contributed by atoms with Crippen LogP contribution in [0.4, 0.5) is 0 Å². The Morgan fingerprint density at radius 1 is 1.31 bits per heavy atom. The third-order valence-electron chi connectivity index (χ3n) is 3.00. The number of nitrogens with zero attached hydrogens (tertiary/aromatic N) is 1. The number of rotatable bonds is 4. The van der Waals surface area contributed by atoms with Crippen molar-refractivity contribution < 1.29 is 4.74 Å². The third kappa shape index (κ3) is 2.76. The predicted molar refractivity (Wildman–Crippen MR) is 65.7 cm³/mol. The standard InChI is InChI=1S/C14H19NO/c1-10(6-5-7-15)13-8-12(3)14(16-4)9-11(13)2/h8-10H,5-6H2,1-4H3. The van der Waals surface area contributed by atoms with Crippen molar-refractivity contribution in [2.24, 2.45) is 0 Å². The summed E-state index contributed by atoms with van der Waals surface area (Å²) in [6.45, 7) is 6.32. The fraction of sp³-hybridized carbons (Fsp3) is 0.500. The van der Waals surface area contributed by atoms with Gasteiger partial charge < -0.3 is 4.74 Å². The lowest BCUT2D eigenvalue weighted by atomic mass is 9.91. The molecular formula is C14H19NO. The number of methoxy groups -OCH3 is 1. The maximum absolute atomic E-state index is 8.60. The first-order valence-corrected chi connectivity index (χ1v) is 5.62. The lowest BCUT2D eigenvalue weighted by Gasteiger charge is -2.16. The number of ether oxygens (including phenoxy) is 1. The normalized spacial score (nSPS) is 11.9. The molecule has 0 bridgehead atoms. The van der Waals surface area contributed by atoms with Gasteiger partial charge in [0.15, 0.2) is 0 Å². The van der Waals surface area contributed by atoms with E-state index < -0.39 is 0 Å². The quantitative estimate of drug-likeness (QED) is 0.770. The molecule has 16 heavy (non-hydrogen) atoms. The highest BCUT2D eigenvalue weighted by molar-refractivity contribution is 5.42. The van der Waals surface area contributed by atoms with Crippen LogP contribution < -0.4 is 4.74 Å². The average molecular weight is 217 g/mol. The minimum atomic E-state index is 0.434. The first-order valence-electron chi connectivity index (χ1n) is 5.62. The van der Waals surface area contributed by atoms with E-state index in [4.69, 9.17) is 10.00 Å². The van der Waals surface area contributed by atoms with Crippen LogP contribution in [0.3, 0.4) is 0 Å². The molecule has 0 spiro atoms. The first-order chi connectivity index (χ1) is 7.60. The van der Waals surface area contributed by atoms with Crippen LogP contribution in [-0.2, 0) is 0 Å². The molecular weight excluding hydrogens is 198 g/mol. The summed E-state index contributed by atoms with van der Waals surface area (Å²) in [4.78, 5) is 0. The van der Waals surface area contributed by atoms with Gasteiger partial charge in [0.25, 0.3) is 0 Å². The summed E-state index contributed by atoms with van der Waals surface area (Å²) in [5.41, 5.74) is 3.73. The molecule has 1 aromatic carbocycles. The van der Waals surface area contributed by atoms with E-state index in [9.17, 15) is 0 Å². The zero-order chi connectivity index (χ0) is 12.1. The highest BCUT2D eigenvalue weighted by Crippen LogP contribution is 2.29. The molecule has 2 nitrogen and oxygen atoms in total. The minimum Gasteiger partial charge on any atom is -0.496 e. The number of hydrogen-bond donors (Lipinski definition) is 0. The molecule has 1 rings (SSSR count). The molecule has 0 fully saturated rings. The van der Waals surface area contributed by atoms with Gasteiger partial charge in [-0.05, 0) is 48.9 Å². The van der Waals surface area contributed by atoms with Crippen molar-refractivity contribution in [2.75, 3.05) is 7.11 Å². The Labute approximate surface area is 97.9 Å². The predicted octanol–water partition coefficient (Wildman–Crippen LogP) is 3.72. The monoisotopic (exact) mass is 217 g/mol. The number of hydrogen-bond acceptors (Lipinski definition) is 2. The molecule has 0 aromatic heterocycles. The van der Waals surface area contributed by atoms with Crippen molar-refractivity contribution in [1.29, 1.82) is 5.26 Å². The molecule has 0 aliphatic rings. The Bertz CT molecular complexity index is 404. The molecule has 0 radical (unpaired) electrons. The molecule has 0 saturated carbocycles. The van der Waals surface area contributed by atoms with Gasteiger partial charge in [-0.3, -0.25) is 0 Å². The van der Waals surface area contributed by atoms with E-state index in [-0.39, 0.29) is 0 Å². The van der Waals surface area contributed by atoms with Crippen molar-refractivity contribution in [1.82, 2.24) is 0 Å². The number of aryl methyl sites for hydroxylation is 2. The van der Waals surface area contributed by atoms with Crippen LogP contribution in [0.1, 0.15) is 42.4 Å². The maximum Gasteiger partial charge on any atom is 0.122 e. The largest absolute Gasteiger partial charge is 0.496 e. The summed E-state index contributed by atoms with van der Waals surface area (Å²) in [5, 5.41) is 8.60. The smallest absolute Gasteiger partial charge is 0.122 e. The summed E-state index contributed by atoms with van der Waals surface area (Å²) in [6, 6.07) is 6.45. The van der Waals surface area contributed by atoms with Gasteiger partial charge in [-0.1, -0.05) is 13.0 Å². The molecule has 1 aromatic rings. The van der Waals surface area contributed by atoms with E-state index in [1.54, 1.807) is 7.11 Å². The Kier molecular flexibility index (Phi) is 4.37. The van der Waals surface area contributed by atoms with Gasteiger partial charge in [0.05, 0.1) is 13.2 Å². The Morgan fingerprint density at radius 3 is 2.56 bits per heavy atom. The average Bonchev–Trinajstić information content (AvgIpc) is 2.28. The van der Waals surface area contributed by atoms with Gasteiger partial charge in [-0.25, -0.2) is 0 Å². The van der Waals surface area contributed by atoms with E-state index in [0.717, 1.165) is 17.7 Å². The SMILES string of the molecule is COc1cc(C)c(C(C)CCC#N)cc1C. The van der Waals surface area contributed by atoms with E-state index in [1.165, 1.54) is 11.1 Å². The zero-order valence-corrected chi connectivity index (χ0v) is 10.5. The number of benzene rings is 1. The van der Waals surface area contributed by atoms with Gasteiger partial charge in [0, 0.05) is 6.42 Å². The molecule has 0 aliphatic heterocycles. The van der Waals surface area contributed by atoms with Crippen molar-refractivity contribution in [2.45, 2.75) is 39.5 Å². The van der Waals surface area contributed by atoms with Gasteiger partial charge in [-0.15, -0.1) is 0 Å². The second-order valence-electron chi connectivity index (χ2n) is 4.28. The van der Waals surface area contributed by atoms with Crippen molar-refractivity contribution in [3.05, 3.63) is 28.8 Å². The molecule has 86 valence electrons. The van der Waals surface area contributed by atoms with Gasteiger partial charge >= 0.3 is 0 Å². The topological polar surface area (TPSA) is 33.0 Å². The molecule has 1 unspecified atom stereocenters. The van der Waals surface area contributed by atoms with Crippen LogP contribution in [0.15, 0.2) is 12.1 Å². The Morgan fingerprint density at radius 2 is 2.00 bits per heavy atom. The number of nitriles is 1. The van der Waals surface area contributed by atoms with E-state index in [2.05, 4.69) is 39.0 Å². The van der Waals surface area contributed by atoms with Gasteiger partial charge in [0.1, 0.15) is 5.75 Å². The van der Waals surface area contributed by atoms with Gasteiger partial charge in [-0.2, -0.15) is 5.26 Å². The van der Waals surface area contributed by atoms with E-state index >= 15 is 0 Å². The highest BCUT2D eigenvalue weighted by Gasteiger charge is 2.11. The summed E-state index contributed by atoms with van der Waals surface area (Å²) >= 11 is 0. The molecule has 0 amide bonds. The van der Waals surface area contributed by atoms with E-state index in [0.29, 0.717) is 12.3 Å². The van der Waals surface area contributed by atoms with Gasteiger partial charge in [0.2, 0.25) is 0 Å².